The van der Waals surface area contributed by atoms with Crippen LogP contribution in [-0.2, 0) is 11.3 Å². The first-order valence-corrected chi connectivity index (χ1v) is 6.46. The van der Waals surface area contributed by atoms with Crippen molar-refractivity contribution in [2.24, 2.45) is 0 Å². The lowest BCUT2D eigenvalue weighted by atomic mass is 10.2. The Bertz CT molecular complexity index is 396. The summed E-state index contributed by atoms with van der Waals surface area (Å²) < 4.78 is 5.13. The van der Waals surface area contributed by atoms with Crippen molar-refractivity contribution in [3.05, 3.63) is 29.6 Å². The van der Waals surface area contributed by atoms with Gasteiger partial charge in [-0.05, 0) is 39.3 Å². The van der Waals surface area contributed by atoms with Crippen LogP contribution in [0, 0.1) is 6.92 Å². The molecular weight excluding hydrogens is 242 g/mol. The van der Waals surface area contributed by atoms with E-state index in [4.69, 9.17) is 4.74 Å². The number of pyridine rings is 1. The highest BCUT2D eigenvalue weighted by atomic mass is 16.6. The standard InChI is InChI=1S/C14H23N3O2/c1-11-5-6-12(17-9-11)10-15-7-8-16-13(18)19-14(2,3)4/h5-6,9,15H,7-8,10H2,1-4H3,(H,16,18). The summed E-state index contributed by atoms with van der Waals surface area (Å²) in [6.07, 6.45) is 1.46. The topological polar surface area (TPSA) is 63.2 Å². The number of hydrogen-bond acceptors (Lipinski definition) is 4. The zero-order chi connectivity index (χ0) is 14.3. The molecule has 1 amide bonds. The van der Waals surface area contributed by atoms with Crippen LogP contribution in [0.15, 0.2) is 18.3 Å². The van der Waals surface area contributed by atoms with E-state index in [2.05, 4.69) is 15.6 Å². The van der Waals surface area contributed by atoms with Crippen molar-refractivity contribution in [3.8, 4) is 0 Å². The van der Waals surface area contributed by atoms with Gasteiger partial charge in [-0.2, -0.15) is 0 Å². The molecule has 106 valence electrons. The quantitative estimate of drug-likeness (QED) is 0.799. The van der Waals surface area contributed by atoms with Crippen molar-refractivity contribution in [2.75, 3.05) is 13.1 Å². The highest BCUT2D eigenvalue weighted by Gasteiger charge is 2.15. The number of amides is 1. The van der Waals surface area contributed by atoms with Crippen molar-refractivity contribution in [3.63, 3.8) is 0 Å². The van der Waals surface area contributed by atoms with Gasteiger partial charge in [0, 0.05) is 25.8 Å². The van der Waals surface area contributed by atoms with E-state index in [1.807, 2.05) is 46.0 Å². The summed E-state index contributed by atoms with van der Waals surface area (Å²) in [5, 5.41) is 5.90. The van der Waals surface area contributed by atoms with Crippen LogP contribution in [-0.4, -0.2) is 29.8 Å². The van der Waals surface area contributed by atoms with Crippen molar-refractivity contribution < 1.29 is 9.53 Å². The molecule has 0 saturated heterocycles. The van der Waals surface area contributed by atoms with E-state index in [-0.39, 0.29) is 6.09 Å². The molecule has 0 saturated carbocycles. The molecule has 0 aliphatic rings. The van der Waals surface area contributed by atoms with Crippen molar-refractivity contribution in [1.82, 2.24) is 15.6 Å². The summed E-state index contributed by atoms with van der Waals surface area (Å²) in [6, 6.07) is 4.02. The van der Waals surface area contributed by atoms with E-state index in [0.29, 0.717) is 19.6 Å². The van der Waals surface area contributed by atoms with E-state index in [9.17, 15) is 4.79 Å². The van der Waals surface area contributed by atoms with Crippen molar-refractivity contribution in [2.45, 2.75) is 39.8 Å². The molecule has 0 fully saturated rings. The molecule has 0 bridgehead atoms. The van der Waals surface area contributed by atoms with E-state index in [1.54, 1.807) is 0 Å². The third kappa shape index (κ3) is 7.41. The van der Waals surface area contributed by atoms with Gasteiger partial charge in [-0.15, -0.1) is 0 Å². The second-order valence-corrected chi connectivity index (χ2v) is 5.43. The molecule has 1 heterocycles. The van der Waals surface area contributed by atoms with E-state index >= 15 is 0 Å². The van der Waals surface area contributed by atoms with Gasteiger partial charge in [0.25, 0.3) is 0 Å². The Balaban J connectivity index is 2.11. The summed E-state index contributed by atoms with van der Waals surface area (Å²) in [5.41, 5.74) is 1.68. The van der Waals surface area contributed by atoms with Crippen LogP contribution in [0.2, 0.25) is 0 Å². The minimum Gasteiger partial charge on any atom is -0.444 e. The van der Waals surface area contributed by atoms with Gasteiger partial charge >= 0.3 is 6.09 Å². The predicted octanol–water partition coefficient (Wildman–Crippen LogP) is 2.00. The zero-order valence-corrected chi connectivity index (χ0v) is 12.1. The maximum absolute atomic E-state index is 11.4. The first-order chi connectivity index (χ1) is 8.87. The minimum atomic E-state index is -0.455. The molecule has 1 aromatic heterocycles. The molecule has 0 aromatic carbocycles. The third-order valence-electron chi connectivity index (χ3n) is 2.25. The molecule has 5 nitrogen and oxygen atoms in total. The predicted molar refractivity (Wildman–Crippen MR) is 74.9 cm³/mol. The van der Waals surface area contributed by atoms with E-state index in [1.165, 1.54) is 0 Å². The number of rotatable bonds is 5. The lowest BCUT2D eigenvalue weighted by molar-refractivity contribution is 0.0528. The van der Waals surface area contributed by atoms with Gasteiger partial charge < -0.3 is 15.4 Å². The molecule has 0 radical (unpaired) electrons. The SMILES string of the molecule is Cc1ccc(CNCCNC(=O)OC(C)(C)C)nc1. The molecule has 0 aliphatic carbocycles. The molecule has 0 spiro atoms. The summed E-state index contributed by atoms with van der Waals surface area (Å²) in [4.78, 5) is 15.6. The van der Waals surface area contributed by atoms with Crippen LogP contribution in [0.3, 0.4) is 0 Å². The molecule has 1 rings (SSSR count). The van der Waals surface area contributed by atoms with Crippen molar-refractivity contribution >= 4 is 6.09 Å². The number of ether oxygens (including phenoxy) is 1. The Kier molecular flexibility index (Phi) is 5.76. The smallest absolute Gasteiger partial charge is 0.407 e. The van der Waals surface area contributed by atoms with Crippen LogP contribution < -0.4 is 10.6 Å². The second-order valence-electron chi connectivity index (χ2n) is 5.43. The fourth-order valence-electron chi connectivity index (χ4n) is 1.39. The van der Waals surface area contributed by atoms with E-state index in [0.717, 1.165) is 11.3 Å². The number of alkyl carbamates (subject to hydrolysis) is 1. The number of carbonyl (C=O) groups excluding carboxylic acids is 1. The average molecular weight is 265 g/mol. The van der Waals surface area contributed by atoms with Crippen molar-refractivity contribution in [1.29, 1.82) is 0 Å². The molecule has 1 aromatic rings. The summed E-state index contributed by atoms with van der Waals surface area (Å²) in [6.45, 7) is 9.43. The zero-order valence-electron chi connectivity index (χ0n) is 12.1. The van der Waals surface area contributed by atoms with Gasteiger partial charge in [-0.25, -0.2) is 4.79 Å². The fourth-order valence-corrected chi connectivity index (χ4v) is 1.39. The Labute approximate surface area is 114 Å². The largest absolute Gasteiger partial charge is 0.444 e. The molecule has 0 atom stereocenters. The molecular formula is C14H23N3O2. The lowest BCUT2D eigenvalue weighted by Crippen LogP contribution is -2.36. The van der Waals surface area contributed by atoms with Crippen LogP contribution in [0.5, 0.6) is 0 Å². The van der Waals surface area contributed by atoms with Gasteiger partial charge in [-0.1, -0.05) is 6.07 Å². The van der Waals surface area contributed by atoms with Gasteiger partial charge in [0.15, 0.2) is 0 Å². The Hall–Kier alpha value is -1.62. The highest BCUT2D eigenvalue weighted by Crippen LogP contribution is 2.05. The van der Waals surface area contributed by atoms with Crippen LogP contribution in [0.25, 0.3) is 0 Å². The minimum absolute atomic E-state index is 0.386. The number of nitrogens with zero attached hydrogens (tertiary/aromatic N) is 1. The molecule has 19 heavy (non-hydrogen) atoms. The first-order valence-electron chi connectivity index (χ1n) is 6.46. The monoisotopic (exact) mass is 265 g/mol. The van der Waals surface area contributed by atoms with E-state index < -0.39 is 5.60 Å². The summed E-state index contributed by atoms with van der Waals surface area (Å²) >= 11 is 0. The second kappa shape index (κ2) is 7.09. The third-order valence-corrected chi connectivity index (χ3v) is 2.25. The van der Waals surface area contributed by atoms with Crippen LogP contribution in [0.4, 0.5) is 4.79 Å². The maximum Gasteiger partial charge on any atom is 0.407 e. The number of aryl methyl sites for hydroxylation is 1. The van der Waals surface area contributed by atoms with Gasteiger partial charge in [0.05, 0.1) is 5.69 Å². The fraction of sp³-hybridized carbons (Fsp3) is 0.571. The van der Waals surface area contributed by atoms with Gasteiger partial charge in [0.2, 0.25) is 0 Å². The molecule has 0 unspecified atom stereocenters. The maximum atomic E-state index is 11.4. The van der Waals surface area contributed by atoms with Crippen LogP contribution in [0.1, 0.15) is 32.0 Å². The number of nitrogens with one attached hydrogen (secondary N) is 2. The van der Waals surface area contributed by atoms with Gasteiger partial charge in [0.1, 0.15) is 5.60 Å². The molecule has 5 heteroatoms. The number of hydrogen-bond donors (Lipinski definition) is 2. The Morgan fingerprint density at radius 2 is 2.05 bits per heavy atom. The first kappa shape index (κ1) is 15.4. The Morgan fingerprint density at radius 1 is 1.32 bits per heavy atom. The number of carbonyl (C=O) groups is 1. The average Bonchev–Trinajstić information content (AvgIpc) is 2.29. The highest BCUT2D eigenvalue weighted by molar-refractivity contribution is 5.67. The number of aromatic nitrogens is 1. The summed E-state index contributed by atoms with van der Waals surface area (Å²) in [5.74, 6) is 0. The van der Waals surface area contributed by atoms with Crippen LogP contribution >= 0.6 is 0 Å². The Morgan fingerprint density at radius 3 is 2.63 bits per heavy atom. The van der Waals surface area contributed by atoms with Gasteiger partial charge in [-0.3, -0.25) is 4.98 Å². The summed E-state index contributed by atoms with van der Waals surface area (Å²) in [7, 11) is 0. The molecule has 0 aliphatic heterocycles. The normalized spacial score (nSPS) is 11.2. The molecule has 2 N–H and O–H groups in total. The lowest BCUT2D eigenvalue weighted by Gasteiger charge is -2.19.